The van der Waals surface area contributed by atoms with E-state index < -0.39 is 0 Å². The van der Waals surface area contributed by atoms with Gasteiger partial charge < -0.3 is 14.7 Å². The summed E-state index contributed by atoms with van der Waals surface area (Å²) in [6.07, 6.45) is 4.05. The zero-order valence-electron chi connectivity index (χ0n) is 18.9. The van der Waals surface area contributed by atoms with E-state index in [1.54, 1.807) is 21.7 Å². The molecular formula is C24H26N6O3. The van der Waals surface area contributed by atoms with Gasteiger partial charge in [0.2, 0.25) is 17.6 Å². The first-order valence-electron chi connectivity index (χ1n) is 10.9. The number of nitrogens with zero attached hydrogens (tertiary/aromatic N) is 5. The zero-order valence-corrected chi connectivity index (χ0v) is 18.9. The smallest absolute Gasteiger partial charge is 0.274 e. The second-order valence-corrected chi connectivity index (χ2v) is 7.63. The van der Waals surface area contributed by atoms with Crippen molar-refractivity contribution in [1.29, 1.82) is 0 Å². The van der Waals surface area contributed by atoms with Gasteiger partial charge in [-0.25, -0.2) is 4.98 Å². The lowest BCUT2D eigenvalue weighted by atomic mass is 10.1. The Morgan fingerprint density at radius 3 is 2.76 bits per heavy atom. The normalized spacial score (nSPS) is 11.0. The van der Waals surface area contributed by atoms with Crippen LogP contribution in [0.4, 0.5) is 5.69 Å². The van der Waals surface area contributed by atoms with E-state index in [0.29, 0.717) is 60.2 Å². The highest BCUT2D eigenvalue weighted by Gasteiger charge is 2.16. The molecule has 0 spiro atoms. The lowest BCUT2D eigenvalue weighted by molar-refractivity contribution is -0.130. The number of carbonyl (C=O) groups is 2. The first kappa shape index (κ1) is 22.2. The Labute approximate surface area is 191 Å². The maximum absolute atomic E-state index is 12.9. The average molecular weight is 447 g/mol. The third kappa shape index (κ3) is 4.77. The van der Waals surface area contributed by atoms with Crippen LogP contribution in [0.15, 0.2) is 53.3 Å². The van der Waals surface area contributed by atoms with E-state index in [9.17, 15) is 9.59 Å². The first-order valence-corrected chi connectivity index (χ1v) is 10.9. The number of aryl methyl sites for hydroxylation is 2. The molecule has 0 atom stereocenters. The van der Waals surface area contributed by atoms with Gasteiger partial charge in [0.15, 0.2) is 0 Å². The second kappa shape index (κ2) is 9.64. The number of nitrogens with one attached hydrogen (secondary N) is 1. The van der Waals surface area contributed by atoms with Crippen molar-refractivity contribution in [3.05, 3.63) is 65.9 Å². The molecule has 9 nitrogen and oxygen atoms in total. The molecule has 0 bridgehead atoms. The van der Waals surface area contributed by atoms with Crippen LogP contribution in [0.2, 0.25) is 0 Å². The van der Waals surface area contributed by atoms with E-state index in [0.717, 1.165) is 5.56 Å². The van der Waals surface area contributed by atoms with Crippen LogP contribution in [-0.4, -0.2) is 49.3 Å². The summed E-state index contributed by atoms with van der Waals surface area (Å²) in [5.74, 6) is 0.609. The summed E-state index contributed by atoms with van der Waals surface area (Å²) in [5.41, 5.74) is 3.39. The van der Waals surface area contributed by atoms with Gasteiger partial charge >= 0.3 is 0 Å². The van der Waals surface area contributed by atoms with Gasteiger partial charge in [-0.15, -0.1) is 0 Å². The number of fused-ring (bicyclic) bond motifs is 1. The van der Waals surface area contributed by atoms with E-state index in [4.69, 9.17) is 4.52 Å². The van der Waals surface area contributed by atoms with E-state index in [1.165, 1.54) is 0 Å². The number of benzene rings is 1. The zero-order chi connectivity index (χ0) is 23.4. The molecule has 0 aliphatic rings. The molecule has 1 aromatic carbocycles. The van der Waals surface area contributed by atoms with Crippen molar-refractivity contribution in [3.63, 3.8) is 0 Å². The van der Waals surface area contributed by atoms with Crippen molar-refractivity contribution >= 4 is 23.1 Å². The van der Waals surface area contributed by atoms with Crippen LogP contribution in [0.5, 0.6) is 0 Å². The van der Waals surface area contributed by atoms with Crippen molar-refractivity contribution in [2.24, 2.45) is 0 Å². The second-order valence-electron chi connectivity index (χ2n) is 7.63. The van der Waals surface area contributed by atoms with Crippen LogP contribution >= 0.6 is 0 Å². The highest BCUT2D eigenvalue weighted by atomic mass is 16.5. The lowest BCUT2D eigenvalue weighted by Gasteiger charge is -2.17. The fraction of sp³-hybridized carbons (Fsp3) is 0.292. The molecule has 2 amide bonds. The van der Waals surface area contributed by atoms with Gasteiger partial charge in [-0.1, -0.05) is 23.4 Å². The standard InChI is InChI=1S/C24H26N6O3/c1-4-29(5-2)22(31)12-11-21-27-23(28-33-21)17-10-9-16(3)18(14-17)26-24(32)19-15-25-20-8-6-7-13-30(19)20/h6-10,13-15H,4-5,11-12H2,1-3H3,(H,26,32). The van der Waals surface area contributed by atoms with Gasteiger partial charge in [-0.05, 0) is 44.5 Å². The molecule has 3 aromatic heterocycles. The van der Waals surface area contributed by atoms with Gasteiger partial charge in [-0.3, -0.25) is 14.0 Å². The highest BCUT2D eigenvalue weighted by Crippen LogP contribution is 2.24. The molecular weight excluding hydrogens is 420 g/mol. The molecule has 1 N–H and O–H groups in total. The molecule has 0 unspecified atom stereocenters. The van der Waals surface area contributed by atoms with Crippen molar-refractivity contribution in [2.75, 3.05) is 18.4 Å². The van der Waals surface area contributed by atoms with Crippen molar-refractivity contribution in [3.8, 4) is 11.4 Å². The summed E-state index contributed by atoms with van der Waals surface area (Å²) in [4.78, 5) is 35.6. The molecule has 4 aromatic rings. The van der Waals surface area contributed by atoms with E-state index in [1.807, 2.05) is 57.2 Å². The Morgan fingerprint density at radius 1 is 1.15 bits per heavy atom. The van der Waals surface area contributed by atoms with Crippen LogP contribution < -0.4 is 5.32 Å². The summed E-state index contributed by atoms with van der Waals surface area (Å²) in [6, 6.07) is 11.1. The Morgan fingerprint density at radius 2 is 1.97 bits per heavy atom. The summed E-state index contributed by atoms with van der Waals surface area (Å²) in [7, 11) is 0. The van der Waals surface area contributed by atoms with E-state index >= 15 is 0 Å². The van der Waals surface area contributed by atoms with E-state index in [2.05, 4.69) is 20.4 Å². The monoisotopic (exact) mass is 446 g/mol. The largest absolute Gasteiger partial charge is 0.343 e. The van der Waals surface area contributed by atoms with Crippen molar-refractivity contribution in [2.45, 2.75) is 33.6 Å². The number of anilines is 1. The van der Waals surface area contributed by atoms with Gasteiger partial charge in [0, 0.05) is 43.4 Å². The van der Waals surface area contributed by atoms with Crippen LogP contribution in [0.3, 0.4) is 0 Å². The quantitative estimate of drug-likeness (QED) is 0.442. The average Bonchev–Trinajstić information content (AvgIpc) is 3.47. The molecule has 0 aliphatic carbocycles. The Hall–Kier alpha value is -4.01. The third-order valence-corrected chi connectivity index (χ3v) is 5.53. The highest BCUT2D eigenvalue weighted by molar-refractivity contribution is 6.04. The van der Waals surface area contributed by atoms with E-state index in [-0.39, 0.29) is 11.8 Å². The third-order valence-electron chi connectivity index (χ3n) is 5.53. The summed E-state index contributed by atoms with van der Waals surface area (Å²) >= 11 is 0. The fourth-order valence-electron chi connectivity index (χ4n) is 3.60. The molecule has 0 radical (unpaired) electrons. The SMILES string of the molecule is CCN(CC)C(=O)CCc1nc(-c2ccc(C)c(NC(=O)c3cnc4ccccn34)c2)no1. The molecule has 4 rings (SSSR count). The lowest BCUT2D eigenvalue weighted by Crippen LogP contribution is -2.30. The van der Waals surface area contributed by atoms with Gasteiger partial charge in [0.1, 0.15) is 11.3 Å². The molecule has 0 aliphatic heterocycles. The number of amides is 2. The molecule has 0 fully saturated rings. The Kier molecular flexibility index (Phi) is 6.48. The van der Waals surface area contributed by atoms with Crippen LogP contribution in [0.1, 0.15) is 42.2 Å². The molecule has 170 valence electrons. The number of hydrogen-bond acceptors (Lipinski definition) is 6. The van der Waals surface area contributed by atoms with Gasteiger partial charge in [-0.2, -0.15) is 4.98 Å². The predicted octanol–water partition coefficient (Wildman–Crippen LogP) is 3.75. The molecule has 33 heavy (non-hydrogen) atoms. The predicted molar refractivity (Wildman–Crippen MR) is 124 cm³/mol. The number of aromatic nitrogens is 4. The summed E-state index contributed by atoms with van der Waals surface area (Å²) in [6.45, 7) is 7.17. The molecule has 3 heterocycles. The van der Waals surface area contributed by atoms with Gasteiger partial charge in [0.25, 0.3) is 5.91 Å². The minimum absolute atomic E-state index is 0.0625. The topological polar surface area (TPSA) is 106 Å². The number of rotatable bonds is 8. The van der Waals surface area contributed by atoms with Crippen molar-refractivity contribution in [1.82, 2.24) is 24.4 Å². The Bertz CT molecular complexity index is 1290. The minimum Gasteiger partial charge on any atom is -0.343 e. The number of carbonyl (C=O) groups excluding carboxylic acids is 2. The molecule has 9 heteroatoms. The maximum atomic E-state index is 12.9. The number of hydrogen-bond donors (Lipinski definition) is 1. The summed E-state index contributed by atoms with van der Waals surface area (Å²) < 4.78 is 7.08. The minimum atomic E-state index is -0.266. The summed E-state index contributed by atoms with van der Waals surface area (Å²) in [5, 5.41) is 7.00. The fourth-order valence-corrected chi connectivity index (χ4v) is 3.60. The Balaban J connectivity index is 1.48. The number of imidazole rings is 1. The van der Waals surface area contributed by atoms with Gasteiger partial charge in [0.05, 0.1) is 6.20 Å². The van der Waals surface area contributed by atoms with Crippen LogP contribution in [0, 0.1) is 6.92 Å². The molecule has 0 saturated heterocycles. The number of pyridine rings is 1. The van der Waals surface area contributed by atoms with Crippen LogP contribution in [0.25, 0.3) is 17.0 Å². The molecule has 0 saturated carbocycles. The maximum Gasteiger partial charge on any atom is 0.274 e. The first-order chi connectivity index (χ1) is 16.0. The van der Waals surface area contributed by atoms with Crippen LogP contribution in [-0.2, 0) is 11.2 Å². The van der Waals surface area contributed by atoms with Crippen molar-refractivity contribution < 1.29 is 14.1 Å².